The van der Waals surface area contributed by atoms with Crippen molar-refractivity contribution in [3.8, 4) is 11.1 Å². The lowest BCUT2D eigenvalue weighted by Gasteiger charge is -2.44. The molecule has 0 aromatic heterocycles. The Morgan fingerprint density at radius 1 is 0.590 bits per heavy atom. The fraction of sp³-hybridized carbons (Fsp3) is 0.414. The van der Waals surface area contributed by atoms with E-state index in [0.29, 0.717) is 47.8 Å². The molecule has 0 bridgehead atoms. The van der Waals surface area contributed by atoms with Crippen LogP contribution < -0.4 is 10.6 Å². The van der Waals surface area contributed by atoms with E-state index in [0.717, 1.165) is 32.1 Å². The van der Waals surface area contributed by atoms with Crippen LogP contribution in [0.15, 0.2) is 178 Å². The Hall–Kier alpha value is -4.70. The average molecular weight is 803 g/mol. The third-order valence-corrected chi connectivity index (χ3v) is 16.4. The molecule has 2 N–H and O–H groups in total. The van der Waals surface area contributed by atoms with Crippen LogP contribution in [0.1, 0.15) is 119 Å². The smallest absolute Gasteiger partial charge is 0.127 e. The molecule has 2 aromatic rings. The number of allylic oxidation sites excluding steroid dienone is 18. The van der Waals surface area contributed by atoms with Gasteiger partial charge in [-0.1, -0.05) is 133 Å². The zero-order chi connectivity index (χ0) is 40.3. The highest BCUT2D eigenvalue weighted by atomic mass is 16.5. The monoisotopic (exact) mass is 802 g/mol. The van der Waals surface area contributed by atoms with Gasteiger partial charge in [-0.15, -0.1) is 0 Å². The number of nitrogens with one attached hydrogen (secondary N) is 2. The molecule has 10 aliphatic rings. The molecule has 0 radical (unpaired) electrons. The SMILES string of the molecule is C1=CCCC(C2CC(c3ccc(-c4ccc(C5CCCC6=C5C5C=CC=CC5O6)cc4)cc3)NC(C3CC=C(C4=CC5=C(CC4)C4=C(CCCC4)C4C=CC=CC54)CC3)N2)=C1. The van der Waals surface area contributed by atoms with E-state index in [1.807, 2.05) is 0 Å². The van der Waals surface area contributed by atoms with Crippen LogP contribution in [0.3, 0.4) is 0 Å². The summed E-state index contributed by atoms with van der Waals surface area (Å²) in [5, 5.41) is 8.37. The third-order valence-electron chi connectivity index (χ3n) is 16.4. The molecular weight excluding hydrogens is 741 g/mol. The van der Waals surface area contributed by atoms with E-state index in [1.165, 1.54) is 97.8 Å². The van der Waals surface area contributed by atoms with Gasteiger partial charge in [-0.25, -0.2) is 0 Å². The molecule has 2 aromatic carbocycles. The molecule has 3 nitrogen and oxygen atoms in total. The first-order valence-electron chi connectivity index (χ1n) is 24.2. The van der Waals surface area contributed by atoms with E-state index in [4.69, 9.17) is 4.74 Å². The van der Waals surface area contributed by atoms with Crippen LogP contribution in [0.2, 0.25) is 0 Å². The first-order chi connectivity index (χ1) is 30.2. The van der Waals surface area contributed by atoms with Gasteiger partial charge in [-0.3, -0.25) is 10.6 Å². The number of hydrogen-bond donors (Lipinski definition) is 2. The zero-order valence-electron chi connectivity index (χ0n) is 35.8. The molecule has 310 valence electrons. The molecule has 2 heterocycles. The van der Waals surface area contributed by atoms with E-state index in [9.17, 15) is 0 Å². The van der Waals surface area contributed by atoms with Crippen LogP contribution in [0.25, 0.3) is 11.1 Å². The number of benzene rings is 2. The van der Waals surface area contributed by atoms with Gasteiger partial charge in [0.05, 0.1) is 11.9 Å². The Balaban J connectivity index is 0.755. The molecule has 12 rings (SSSR count). The minimum Gasteiger partial charge on any atom is -0.490 e. The second-order valence-corrected chi connectivity index (χ2v) is 19.7. The van der Waals surface area contributed by atoms with Crippen LogP contribution in [0, 0.1) is 23.7 Å². The summed E-state index contributed by atoms with van der Waals surface area (Å²) in [6.07, 6.45) is 49.6. The van der Waals surface area contributed by atoms with Gasteiger partial charge in [0.1, 0.15) is 6.10 Å². The Bertz CT molecular complexity index is 2420. The second-order valence-electron chi connectivity index (χ2n) is 19.7. The number of rotatable bonds is 6. The predicted molar refractivity (Wildman–Crippen MR) is 250 cm³/mol. The highest BCUT2D eigenvalue weighted by Crippen LogP contribution is 2.52. The Morgan fingerprint density at radius 2 is 1.36 bits per heavy atom. The molecule has 61 heavy (non-hydrogen) atoms. The lowest BCUT2D eigenvalue weighted by molar-refractivity contribution is 0.157. The molecular formula is C58H62N2O. The van der Waals surface area contributed by atoms with Crippen LogP contribution in [-0.4, -0.2) is 18.3 Å². The van der Waals surface area contributed by atoms with Crippen LogP contribution >= 0.6 is 0 Å². The van der Waals surface area contributed by atoms with Gasteiger partial charge < -0.3 is 4.74 Å². The maximum absolute atomic E-state index is 6.44. The van der Waals surface area contributed by atoms with E-state index < -0.39 is 0 Å². The van der Waals surface area contributed by atoms with E-state index in [-0.39, 0.29) is 6.10 Å². The van der Waals surface area contributed by atoms with Crippen molar-refractivity contribution < 1.29 is 4.74 Å². The maximum atomic E-state index is 6.44. The van der Waals surface area contributed by atoms with Gasteiger partial charge >= 0.3 is 0 Å². The van der Waals surface area contributed by atoms with Gasteiger partial charge in [-0.2, -0.15) is 0 Å². The van der Waals surface area contributed by atoms with Crippen molar-refractivity contribution in [1.82, 2.24) is 10.6 Å². The summed E-state index contributed by atoms with van der Waals surface area (Å²) < 4.78 is 6.44. The summed E-state index contributed by atoms with van der Waals surface area (Å²) in [6.45, 7) is 0. The molecule has 0 saturated carbocycles. The second kappa shape index (κ2) is 16.2. The quantitative estimate of drug-likeness (QED) is 0.305. The first kappa shape index (κ1) is 38.0. The summed E-state index contributed by atoms with van der Waals surface area (Å²) in [5.41, 5.74) is 18.7. The highest BCUT2D eigenvalue weighted by molar-refractivity contribution is 5.65. The Morgan fingerprint density at radius 3 is 2.16 bits per heavy atom. The van der Waals surface area contributed by atoms with Crippen LogP contribution in [-0.2, 0) is 4.74 Å². The topological polar surface area (TPSA) is 33.3 Å². The molecule has 0 spiro atoms. The first-order valence-corrected chi connectivity index (χ1v) is 24.2. The maximum Gasteiger partial charge on any atom is 0.127 e. The molecule has 2 aliphatic heterocycles. The van der Waals surface area contributed by atoms with Crippen molar-refractivity contribution in [2.45, 2.75) is 127 Å². The fourth-order valence-electron chi connectivity index (χ4n) is 13.3. The fourth-order valence-corrected chi connectivity index (χ4v) is 13.3. The summed E-state index contributed by atoms with van der Waals surface area (Å²) in [7, 11) is 0. The number of fused-ring (bicyclic) bond motifs is 6. The van der Waals surface area contributed by atoms with Crippen molar-refractivity contribution in [2.24, 2.45) is 23.7 Å². The van der Waals surface area contributed by atoms with E-state index >= 15 is 0 Å². The van der Waals surface area contributed by atoms with Gasteiger partial charge in [0.15, 0.2) is 0 Å². The van der Waals surface area contributed by atoms with Crippen LogP contribution in [0.5, 0.6) is 0 Å². The van der Waals surface area contributed by atoms with Crippen LogP contribution in [0.4, 0.5) is 0 Å². The van der Waals surface area contributed by atoms with Crippen molar-refractivity contribution in [2.75, 3.05) is 0 Å². The lowest BCUT2D eigenvalue weighted by Crippen LogP contribution is -2.58. The molecule has 1 fully saturated rings. The lowest BCUT2D eigenvalue weighted by atomic mass is 9.63. The normalized spacial score (nSPS) is 33.8. The Kier molecular flexibility index (Phi) is 10.1. The molecule has 8 aliphatic carbocycles. The van der Waals surface area contributed by atoms with Crippen molar-refractivity contribution >= 4 is 0 Å². The molecule has 1 saturated heterocycles. The van der Waals surface area contributed by atoms with E-state index in [2.05, 4.69) is 138 Å². The summed E-state index contributed by atoms with van der Waals surface area (Å²) in [5.74, 6) is 3.80. The van der Waals surface area contributed by atoms with Crippen molar-refractivity contribution in [1.29, 1.82) is 0 Å². The number of hydrogen-bond acceptors (Lipinski definition) is 3. The van der Waals surface area contributed by atoms with Gasteiger partial charge in [0.2, 0.25) is 0 Å². The molecule has 3 heteroatoms. The average Bonchev–Trinajstić information content (AvgIpc) is 3.73. The van der Waals surface area contributed by atoms with Crippen molar-refractivity contribution in [3.63, 3.8) is 0 Å². The summed E-state index contributed by atoms with van der Waals surface area (Å²) in [4.78, 5) is 0. The number of ether oxygens (including phenoxy) is 1. The van der Waals surface area contributed by atoms with Gasteiger partial charge in [-0.05, 0) is 158 Å². The standard InChI is InChI=1S/C58H62N2O/c1-2-11-41(12-3-1)53-36-54(42-29-23-38(24-30-42)37-21-27-40(28-22-37)45-18-10-20-56-57(45)51-17-8-9-19-55(51)61-56)60-58(59-53)43-31-25-39(26-32-43)44-33-34-50-48-15-5-4-13-46(48)47-14-6-7-16-49(47)52(50)35-44/h1-2,6-9,11,14,16-17,19,21-25,27-30,35,43,45,47,49,51,53-55,58-60H,3-5,10,12-13,15,18,20,26,31-34,36H2. The summed E-state index contributed by atoms with van der Waals surface area (Å²) >= 11 is 0. The minimum absolute atomic E-state index is 0.188. The summed E-state index contributed by atoms with van der Waals surface area (Å²) in [6, 6.07) is 19.7. The predicted octanol–water partition coefficient (Wildman–Crippen LogP) is 13.6. The Labute approximate surface area is 364 Å². The molecule has 9 unspecified atom stereocenters. The molecule has 0 amide bonds. The third kappa shape index (κ3) is 7.05. The highest BCUT2D eigenvalue weighted by Gasteiger charge is 2.41. The molecule has 9 atom stereocenters. The van der Waals surface area contributed by atoms with Gasteiger partial charge in [0.25, 0.3) is 0 Å². The largest absolute Gasteiger partial charge is 0.490 e. The van der Waals surface area contributed by atoms with Gasteiger partial charge in [0, 0.05) is 42.2 Å². The minimum atomic E-state index is 0.188. The zero-order valence-corrected chi connectivity index (χ0v) is 35.8. The van der Waals surface area contributed by atoms with E-state index in [1.54, 1.807) is 39.0 Å². The van der Waals surface area contributed by atoms with Crippen molar-refractivity contribution in [3.05, 3.63) is 189 Å².